The summed E-state index contributed by atoms with van der Waals surface area (Å²) < 4.78 is 0. The Morgan fingerprint density at radius 1 is 1.42 bits per heavy atom. The Bertz CT molecular complexity index is 616. The van der Waals surface area contributed by atoms with Crippen LogP contribution in [0, 0.1) is 17.0 Å². The van der Waals surface area contributed by atoms with Gasteiger partial charge >= 0.3 is 5.69 Å². The number of nitro groups is 1. The molecule has 0 atom stereocenters. The van der Waals surface area contributed by atoms with Crippen molar-refractivity contribution in [1.82, 2.24) is 9.97 Å². The number of benzene rings is 1. The van der Waals surface area contributed by atoms with Crippen LogP contribution in [0.4, 0.5) is 23.1 Å². The third-order valence-electron chi connectivity index (χ3n) is 2.38. The molecule has 1 heterocycles. The standard InChI is InChI=1S/C11H12N6O2/c1-7-3-2-4-8(5-7)14-10-9(17(18)19)6-13-11(15-10)16-12/h2-6H,12H2,1H3,(H2,13,14,15,16). The molecule has 98 valence electrons. The molecule has 4 N–H and O–H groups in total. The van der Waals surface area contributed by atoms with E-state index in [-0.39, 0.29) is 17.5 Å². The highest BCUT2D eigenvalue weighted by atomic mass is 16.6. The Hall–Kier alpha value is -2.74. The second kappa shape index (κ2) is 5.27. The van der Waals surface area contributed by atoms with Crippen LogP contribution in [0.5, 0.6) is 0 Å². The summed E-state index contributed by atoms with van der Waals surface area (Å²) in [6.07, 6.45) is 1.10. The van der Waals surface area contributed by atoms with E-state index in [1.165, 1.54) is 0 Å². The predicted octanol–water partition coefficient (Wildman–Crippen LogP) is 1.72. The maximum Gasteiger partial charge on any atom is 0.329 e. The fraction of sp³-hybridized carbons (Fsp3) is 0.0909. The highest BCUT2D eigenvalue weighted by Gasteiger charge is 2.17. The van der Waals surface area contributed by atoms with E-state index in [1.54, 1.807) is 6.07 Å². The highest BCUT2D eigenvalue weighted by molar-refractivity contribution is 5.66. The molecule has 1 aromatic carbocycles. The summed E-state index contributed by atoms with van der Waals surface area (Å²) in [5.41, 5.74) is 3.75. The van der Waals surface area contributed by atoms with Crippen LogP contribution in [0.25, 0.3) is 0 Å². The predicted molar refractivity (Wildman–Crippen MR) is 71.0 cm³/mol. The first kappa shape index (κ1) is 12.7. The molecule has 0 aliphatic rings. The van der Waals surface area contributed by atoms with Gasteiger partial charge in [0.05, 0.1) is 4.92 Å². The van der Waals surface area contributed by atoms with Crippen molar-refractivity contribution in [2.24, 2.45) is 5.84 Å². The minimum absolute atomic E-state index is 0.0820. The molecule has 0 saturated heterocycles. The summed E-state index contributed by atoms with van der Waals surface area (Å²) in [4.78, 5) is 18.0. The lowest BCUT2D eigenvalue weighted by atomic mass is 10.2. The third-order valence-corrected chi connectivity index (χ3v) is 2.38. The molecule has 2 aromatic rings. The molecule has 0 aliphatic heterocycles. The summed E-state index contributed by atoms with van der Waals surface area (Å²) >= 11 is 0. The lowest BCUT2D eigenvalue weighted by molar-refractivity contribution is -0.384. The summed E-state index contributed by atoms with van der Waals surface area (Å²) in [5.74, 6) is 5.37. The van der Waals surface area contributed by atoms with Crippen molar-refractivity contribution in [3.8, 4) is 0 Å². The summed E-state index contributed by atoms with van der Waals surface area (Å²) in [5, 5.41) is 13.8. The summed E-state index contributed by atoms with van der Waals surface area (Å²) in [6, 6.07) is 7.40. The van der Waals surface area contributed by atoms with Gasteiger partial charge in [-0.25, -0.2) is 10.8 Å². The SMILES string of the molecule is Cc1cccc(Nc2nc(NN)ncc2[N+](=O)[O-])c1. The Balaban J connectivity index is 2.39. The zero-order chi connectivity index (χ0) is 13.8. The van der Waals surface area contributed by atoms with Crippen molar-refractivity contribution in [1.29, 1.82) is 0 Å². The molecule has 0 aliphatic carbocycles. The topological polar surface area (TPSA) is 119 Å². The van der Waals surface area contributed by atoms with E-state index in [0.29, 0.717) is 5.69 Å². The van der Waals surface area contributed by atoms with Crippen LogP contribution >= 0.6 is 0 Å². The third kappa shape index (κ3) is 2.93. The van der Waals surface area contributed by atoms with E-state index < -0.39 is 4.92 Å². The lowest BCUT2D eigenvalue weighted by Crippen LogP contribution is -2.12. The van der Waals surface area contributed by atoms with Crippen molar-refractivity contribution < 1.29 is 4.92 Å². The Morgan fingerprint density at radius 3 is 2.84 bits per heavy atom. The van der Waals surface area contributed by atoms with E-state index in [4.69, 9.17) is 5.84 Å². The quantitative estimate of drug-likeness (QED) is 0.435. The van der Waals surface area contributed by atoms with Gasteiger partial charge in [-0.3, -0.25) is 15.5 Å². The number of aryl methyl sites for hydroxylation is 1. The first-order valence-electron chi connectivity index (χ1n) is 5.42. The number of aromatic nitrogens is 2. The molecule has 0 saturated carbocycles. The molecule has 0 fully saturated rings. The number of hydrogen-bond acceptors (Lipinski definition) is 7. The molecule has 8 nitrogen and oxygen atoms in total. The van der Waals surface area contributed by atoms with Crippen molar-refractivity contribution in [3.05, 3.63) is 46.1 Å². The fourth-order valence-electron chi connectivity index (χ4n) is 1.53. The van der Waals surface area contributed by atoms with Gasteiger partial charge in [0.2, 0.25) is 11.8 Å². The van der Waals surface area contributed by atoms with Crippen LogP contribution in [0.3, 0.4) is 0 Å². The van der Waals surface area contributed by atoms with Gasteiger partial charge in [0.15, 0.2) is 0 Å². The van der Waals surface area contributed by atoms with E-state index in [2.05, 4.69) is 20.7 Å². The average Bonchev–Trinajstić information content (AvgIpc) is 2.38. The number of nitrogens with zero attached hydrogens (tertiary/aromatic N) is 3. The minimum Gasteiger partial charge on any atom is -0.334 e. The number of nitrogens with one attached hydrogen (secondary N) is 2. The van der Waals surface area contributed by atoms with Crippen LogP contribution in [0.15, 0.2) is 30.5 Å². The van der Waals surface area contributed by atoms with Gasteiger partial charge in [-0.05, 0) is 24.6 Å². The van der Waals surface area contributed by atoms with Crippen molar-refractivity contribution in [2.45, 2.75) is 6.92 Å². The van der Waals surface area contributed by atoms with Crippen molar-refractivity contribution in [3.63, 3.8) is 0 Å². The van der Waals surface area contributed by atoms with Gasteiger partial charge in [0.25, 0.3) is 0 Å². The molecule has 0 spiro atoms. The normalized spacial score (nSPS) is 10.0. The Labute approximate surface area is 108 Å². The zero-order valence-corrected chi connectivity index (χ0v) is 10.1. The molecule has 0 radical (unpaired) electrons. The zero-order valence-electron chi connectivity index (χ0n) is 10.1. The fourth-order valence-corrected chi connectivity index (χ4v) is 1.53. The van der Waals surface area contributed by atoms with E-state index in [1.807, 2.05) is 25.1 Å². The molecule has 1 aromatic heterocycles. The average molecular weight is 260 g/mol. The molecular formula is C11H12N6O2. The largest absolute Gasteiger partial charge is 0.334 e. The minimum atomic E-state index is -0.557. The molecule has 0 bridgehead atoms. The van der Waals surface area contributed by atoms with Gasteiger partial charge in [-0.1, -0.05) is 12.1 Å². The molecular weight excluding hydrogens is 248 g/mol. The number of rotatable bonds is 4. The van der Waals surface area contributed by atoms with Crippen LogP contribution in [-0.4, -0.2) is 14.9 Å². The second-order valence-corrected chi connectivity index (χ2v) is 3.82. The van der Waals surface area contributed by atoms with Gasteiger partial charge in [-0.15, -0.1) is 0 Å². The first-order chi connectivity index (χ1) is 9.10. The second-order valence-electron chi connectivity index (χ2n) is 3.82. The highest BCUT2D eigenvalue weighted by Crippen LogP contribution is 2.25. The maximum absolute atomic E-state index is 10.9. The van der Waals surface area contributed by atoms with Gasteiger partial charge in [-0.2, -0.15) is 4.98 Å². The van der Waals surface area contributed by atoms with Crippen LogP contribution in [0.2, 0.25) is 0 Å². The molecule has 8 heteroatoms. The first-order valence-corrected chi connectivity index (χ1v) is 5.42. The monoisotopic (exact) mass is 260 g/mol. The molecule has 0 amide bonds. The Morgan fingerprint density at radius 2 is 2.21 bits per heavy atom. The Kier molecular flexibility index (Phi) is 3.53. The van der Waals surface area contributed by atoms with Crippen LogP contribution in [-0.2, 0) is 0 Å². The maximum atomic E-state index is 10.9. The van der Waals surface area contributed by atoms with Crippen molar-refractivity contribution in [2.75, 3.05) is 10.7 Å². The number of nitrogens with two attached hydrogens (primary N) is 1. The van der Waals surface area contributed by atoms with Crippen LogP contribution < -0.4 is 16.6 Å². The van der Waals surface area contributed by atoms with E-state index >= 15 is 0 Å². The number of anilines is 3. The number of hydrazine groups is 1. The smallest absolute Gasteiger partial charge is 0.329 e. The number of nitrogen functional groups attached to an aromatic ring is 1. The van der Waals surface area contributed by atoms with Gasteiger partial charge in [0, 0.05) is 5.69 Å². The van der Waals surface area contributed by atoms with E-state index in [9.17, 15) is 10.1 Å². The molecule has 0 unspecified atom stereocenters. The van der Waals surface area contributed by atoms with Crippen LogP contribution in [0.1, 0.15) is 5.56 Å². The molecule has 19 heavy (non-hydrogen) atoms. The summed E-state index contributed by atoms with van der Waals surface area (Å²) in [7, 11) is 0. The number of hydrogen-bond donors (Lipinski definition) is 3. The lowest BCUT2D eigenvalue weighted by Gasteiger charge is -2.07. The van der Waals surface area contributed by atoms with Crippen molar-refractivity contribution >= 4 is 23.1 Å². The molecule has 2 rings (SSSR count). The van der Waals surface area contributed by atoms with Gasteiger partial charge < -0.3 is 5.32 Å². The van der Waals surface area contributed by atoms with Gasteiger partial charge in [0.1, 0.15) is 6.20 Å². The summed E-state index contributed by atoms with van der Waals surface area (Å²) in [6.45, 7) is 1.92. The van der Waals surface area contributed by atoms with E-state index in [0.717, 1.165) is 11.8 Å².